The van der Waals surface area contributed by atoms with Crippen LogP contribution in [0.5, 0.6) is 0 Å². The molecule has 4 nitrogen and oxygen atoms in total. The Hall–Kier alpha value is -1.72. The van der Waals surface area contributed by atoms with Crippen LogP contribution >= 0.6 is 46.4 Å². The molecule has 2 aromatic carbocycles. The van der Waals surface area contributed by atoms with Gasteiger partial charge in [0.15, 0.2) is 6.61 Å². The van der Waals surface area contributed by atoms with Crippen LogP contribution in [0.2, 0.25) is 20.1 Å². The molecule has 0 aromatic heterocycles. The van der Waals surface area contributed by atoms with Crippen molar-refractivity contribution < 1.29 is 14.3 Å². The number of ether oxygens (including phenoxy) is 1. The Balaban J connectivity index is 1.88. The molecule has 0 unspecified atom stereocenters. The summed E-state index contributed by atoms with van der Waals surface area (Å²) in [7, 11) is 0. The van der Waals surface area contributed by atoms with E-state index < -0.39 is 18.5 Å². The zero-order chi connectivity index (χ0) is 18.4. The lowest BCUT2D eigenvalue weighted by Gasteiger charge is -2.08. The van der Waals surface area contributed by atoms with Crippen LogP contribution < -0.4 is 5.32 Å². The van der Waals surface area contributed by atoms with Crippen LogP contribution in [0.4, 0.5) is 5.69 Å². The highest BCUT2D eigenvalue weighted by Crippen LogP contribution is 2.29. The maximum Gasteiger partial charge on any atom is 0.331 e. The first-order chi connectivity index (χ1) is 11.9. The van der Waals surface area contributed by atoms with Gasteiger partial charge in [-0.2, -0.15) is 0 Å². The van der Waals surface area contributed by atoms with Crippen molar-refractivity contribution in [2.75, 3.05) is 11.9 Å². The lowest BCUT2D eigenvalue weighted by molar-refractivity contribution is -0.142. The molecule has 0 radical (unpaired) electrons. The monoisotopic (exact) mass is 417 g/mol. The van der Waals surface area contributed by atoms with Crippen LogP contribution in [0.15, 0.2) is 42.5 Å². The molecule has 0 aliphatic rings. The van der Waals surface area contributed by atoms with Gasteiger partial charge >= 0.3 is 5.97 Å². The van der Waals surface area contributed by atoms with Crippen LogP contribution in [0.3, 0.4) is 0 Å². The van der Waals surface area contributed by atoms with Crippen LogP contribution in [0, 0.1) is 0 Å². The fourth-order valence-electron chi connectivity index (χ4n) is 1.77. The van der Waals surface area contributed by atoms with Crippen molar-refractivity contribution in [3.8, 4) is 0 Å². The average Bonchev–Trinajstić information content (AvgIpc) is 2.56. The van der Waals surface area contributed by atoms with E-state index in [-0.39, 0.29) is 5.02 Å². The van der Waals surface area contributed by atoms with Crippen molar-refractivity contribution in [3.63, 3.8) is 0 Å². The number of halogens is 4. The molecule has 0 heterocycles. The van der Waals surface area contributed by atoms with Gasteiger partial charge in [-0.1, -0.05) is 58.5 Å². The maximum atomic E-state index is 11.8. The molecule has 0 aliphatic carbocycles. The molecule has 0 saturated carbocycles. The number of benzene rings is 2. The minimum Gasteiger partial charge on any atom is -0.452 e. The number of anilines is 1. The van der Waals surface area contributed by atoms with Gasteiger partial charge in [0, 0.05) is 16.1 Å². The third-order valence-corrected chi connectivity index (χ3v) is 4.31. The summed E-state index contributed by atoms with van der Waals surface area (Å²) in [5, 5.41) is 3.90. The van der Waals surface area contributed by atoms with Gasteiger partial charge in [0.05, 0.1) is 15.7 Å². The van der Waals surface area contributed by atoms with Gasteiger partial charge in [-0.3, -0.25) is 4.79 Å². The highest BCUT2D eigenvalue weighted by Gasteiger charge is 2.10. The summed E-state index contributed by atoms with van der Waals surface area (Å²) in [6.07, 6.45) is 2.63. The molecule has 1 N–H and O–H groups in total. The first kappa shape index (κ1) is 19.6. The Bertz CT molecular complexity index is 837. The van der Waals surface area contributed by atoms with E-state index in [0.717, 1.165) is 6.08 Å². The van der Waals surface area contributed by atoms with E-state index in [1.54, 1.807) is 36.4 Å². The summed E-state index contributed by atoms with van der Waals surface area (Å²) in [4.78, 5) is 23.5. The molecule has 2 aromatic rings. The Morgan fingerprint density at radius 3 is 2.52 bits per heavy atom. The van der Waals surface area contributed by atoms with Gasteiger partial charge in [-0.25, -0.2) is 4.79 Å². The molecule has 130 valence electrons. The van der Waals surface area contributed by atoms with Crippen LogP contribution in [-0.2, 0) is 14.3 Å². The highest BCUT2D eigenvalue weighted by atomic mass is 35.5. The number of hydrogen-bond acceptors (Lipinski definition) is 3. The Morgan fingerprint density at radius 2 is 1.80 bits per heavy atom. The largest absolute Gasteiger partial charge is 0.452 e. The van der Waals surface area contributed by atoms with Crippen LogP contribution in [-0.4, -0.2) is 18.5 Å². The topological polar surface area (TPSA) is 55.4 Å². The van der Waals surface area contributed by atoms with Crippen LogP contribution in [0.25, 0.3) is 6.08 Å². The number of amides is 1. The molecule has 25 heavy (non-hydrogen) atoms. The third kappa shape index (κ3) is 5.94. The molecular formula is C17H11Cl4NO3. The van der Waals surface area contributed by atoms with Gasteiger partial charge in [-0.15, -0.1) is 0 Å². The van der Waals surface area contributed by atoms with Crippen molar-refractivity contribution >= 4 is 70.0 Å². The fraction of sp³-hybridized carbons (Fsp3) is 0.0588. The molecule has 8 heteroatoms. The first-order valence-electron chi connectivity index (χ1n) is 6.90. The predicted octanol–water partition coefficient (Wildman–Crippen LogP) is 5.50. The van der Waals surface area contributed by atoms with Gasteiger partial charge < -0.3 is 10.1 Å². The second kappa shape index (κ2) is 9.11. The van der Waals surface area contributed by atoms with E-state index >= 15 is 0 Å². The standard InChI is InChI=1S/C17H11Cl4NO3/c18-11-6-4-10(13(20)8-11)5-7-16(24)25-9-15(23)22-14-3-1-2-12(19)17(14)21/h1-8H,9H2,(H,22,23)/b7-5+. The smallest absolute Gasteiger partial charge is 0.331 e. The maximum absolute atomic E-state index is 11.8. The number of esters is 1. The Kier molecular flexibility index (Phi) is 7.14. The second-order valence-corrected chi connectivity index (χ2v) is 6.39. The number of nitrogens with one attached hydrogen (secondary N) is 1. The summed E-state index contributed by atoms with van der Waals surface area (Å²) in [6.45, 7) is -0.472. The molecule has 0 spiro atoms. The molecule has 0 bridgehead atoms. The minimum absolute atomic E-state index is 0.209. The Labute approximate surface area is 164 Å². The molecule has 0 saturated heterocycles. The summed E-state index contributed by atoms with van der Waals surface area (Å²) in [6, 6.07) is 9.65. The van der Waals surface area contributed by atoms with Crippen molar-refractivity contribution in [1.29, 1.82) is 0 Å². The lowest BCUT2D eigenvalue weighted by atomic mass is 10.2. The number of rotatable bonds is 5. The summed E-state index contributed by atoms with van der Waals surface area (Å²) < 4.78 is 4.85. The average molecular weight is 419 g/mol. The lowest BCUT2D eigenvalue weighted by Crippen LogP contribution is -2.20. The van der Waals surface area contributed by atoms with E-state index in [4.69, 9.17) is 51.1 Å². The number of hydrogen-bond donors (Lipinski definition) is 1. The van der Waals surface area contributed by atoms with Gasteiger partial charge in [0.25, 0.3) is 5.91 Å². The van der Waals surface area contributed by atoms with Gasteiger partial charge in [0.2, 0.25) is 0 Å². The molecule has 1 amide bonds. The van der Waals surface area contributed by atoms with Crippen molar-refractivity contribution in [2.45, 2.75) is 0 Å². The quantitative estimate of drug-likeness (QED) is 0.515. The molecule has 0 atom stereocenters. The molecule has 2 rings (SSSR count). The van der Waals surface area contributed by atoms with E-state index in [1.807, 2.05) is 0 Å². The Morgan fingerprint density at radius 1 is 1.04 bits per heavy atom. The van der Waals surface area contributed by atoms with Crippen molar-refractivity contribution in [1.82, 2.24) is 0 Å². The SMILES string of the molecule is O=C(COC(=O)/C=C/c1ccc(Cl)cc1Cl)Nc1cccc(Cl)c1Cl. The molecular weight excluding hydrogens is 408 g/mol. The zero-order valence-corrected chi connectivity index (χ0v) is 15.6. The van der Waals surface area contributed by atoms with E-state index in [2.05, 4.69) is 5.32 Å². The highest BCUT2D eigenvalue weighted by molar-refractivity contribution is 6.44. The summed E-state index contributed by atoms with van der Waals surface area (Å²) in [5.41, 5.74) is 0.928. The van der Waals surface area contributed by atoms with Crippen molar-refractivity contribution in [2.24, 2.45) is 0 Å². The second-order valence-electron chi connectivity index (χ2n) is 4.76. The summed E-state index contributed by atoms with van der Waals surface area (Å²) >= 11 is 23.6. The van der Waals surface area contributed by atoms with Crippen LogP contribution in [0.1, 0.15) is 5.56 Å². The predicted molar refractivity (Wildman–Crippen MR) is 102 cm³/mol. The van der Waals surface area contributed by atoms with E-state index in [1.165, 1.54) is 6.08 Å². The third-order valence-electron chi connectivity index (χ3n) is 2.93. The minimum atomic E-state index is -0.696. The van der Waals surface area contributed by atoms with Crippen molar-refractivity contribution in [3.05, 3.63) is 68.1 Å². The normalized spacial score (nSPS) is 10.7. The van der Waals surface area contributed by atoms with Gasteiger partial charge in [0.1, 0.15) is 0 Å². The summed E-state index contributed by atoms with van der Waals surface area (Å²) in [5.74, 6) is -1.24. The van der Waals surface area contributed by atoms with Gasteiger partial charge in [-0.05, 0) is 35.9 Å². The zero-order valence-electron chi connectivity index (χ0n) is 12.6. The molecule has 0 fully saturated rings. The number of carbonyl (C=O) groups is 2. The van der Waals surface area contributed by atoms with E-state index in [0.29, 0.717) is 26.3 Å². The first-order valence-corrected chi connectivity index (χ1v) is 8.42. The fourth-order valence-corrected chi connectivity index (χ4v) is 2.59. The van der Waals surface area contributed by atoms with E-state index in [9.17, 15) is 9.59 Å². The molecule has 0 aliphatic heterocycles. The number of carbonyl (C=O) groups excluding carboxylic acids is 2.